The molecule has 1 aromatic carbocycles. The van der Waals surface area contributed by atoms with Gasteiger partial charge < -0.3 is 19.7 Å². The molecule has 154 valence electrons. The predicted molar refractivity (Wildman–Crippen MR) is 107 cm³/mol. The molecule has 2 aliphatic rings. The number of benzene rings is 1. The van der Waals surface area contributed by atoms with E-state index in [1.165, 1.54) is 0 Å². The second-order valence-electron chi connectivity index (χ2n) is 7.84. The van der Waals surface area contributed by atoms with Gasteiger partial charge in [-0.15, -0.1) is 0 Å². The van der Waals surface area contributed by atoms with Crippen molar-refractivity contribution in [3.63, 3.8) is 0 Å². The number of aryl methyl sites for hydroxylation is 2. The molecular weight excluding hydrogens is 356 g/mol. The molecule has 3 rings (SSSR count). The minimum Gasteiger partial charge on any atom is -0.493 e. The predicted octanol–water partition coefficient (Wildman–Crippen LogP) is 2.75. The zero-order valence-electron chi connectivity index (χ0n) is 17.0. The van der Waals surface area contributed by atoms with Crippen molar-refractivity contribution in [2.75, 3.05) is 26.3 Å². The molecule has 0 spiro atoms. The minimum absolute atomic E-state index is 0.00549. The highest BCUT2D eigenvalue weighted by molar-refractivity contribution is 5.81. The average Bonchev–Trinajstić information content (AvgIpc) is 3.22. The van der Waals surface area contributed by atoms with Gasteiger partial charge in [0.25, 0.3) is 0 Å². The maximum absolute atomic E-state index is 12.4. The van der Waals surface area contributed by atoms with Crippen molar-refractivity contribution in [2.45, 2.75) is 64.5 Å². The SMILES string of the molecule is Cc1cccc(C)c1OCCCC(=O)N1CCC(NC(=O)C2CCCO2)CC1. The Hall–Kier alpha value is -2.08. The molecule has 6 nitrogen and oxygen atoms in total. The Balaban J connectivity index is 1.33. The fourth-order valence-corrected chi connectivity index (χ4v) is 3.93. The van der Waals surface area contributed by atoms with Crippen LogP contribution in [0.5, 0.6) is 5.75 Å². The summed E-state index contributed by atoms with van der Waals surface area (Å²) in [6.07, 6.45) is 4.31. The first-order valence-electron chi connectivity index (χ1n) is 10.4. The molecule has 1 N–H and O–H groups in total. The van der Waals surface area contributed by atoms with Crippen molar-refractivity contribution >= 4 is 11.8 Å². The van der Waals surface area contributed by atoms with E-state index in [-0.39, 0.29) is 24.0 Å². The highest BCUT2D eigenvalue weighted by Gasteiger charge is 2.28. The van der Waals surface area contributed by atoms with Crippen LogP contribution < -0.4 is 10.1 Å². The summed E-state index contributed by atoms with van der Waals surface area (Å²) < 4.78 is 11.3. The van der Waals surface area contributed by atoms with Gasteiger partial charge >= 0.3 is 0 Å². The quantitative estimate of drug-likeness (QED) is 0.730. The van der Waals surface area contributed by atoms with Crippen LogP contribution in [0.25, 0.3) is 0 Å². The summed E-state index contributed by atoms with van der Waals surface area (Å²) in [5.41, 5.74) is 2.25. The Bertz CT molecular complexity index is 657. The summed E-state index contributed by atoms with van der Waals surface area (Å²) in [4.78, 5) is 26.5. The van der Waals surface area contributed by atoms with Crippen LogP contribution in [0.2, 0.25) is 0 Å². The molecule has 0 saturated carbocycles. The van der Waals surface area contributed by atoms with Crippen LogP contribution >= 0.6 is 0 Å². The fourth-order valence-electron chi connectivity index (χ4n) is 3.93. The Morgan fingerprint density at radius 3 is 2.54 bits per heavy atom. The Kier molecular flexibility index (Phi) is 7.31. The number of rotatable bonds is 7. The second-order valence-corrected chi connectivity index (χ2v) is 7.84. The first-order chi connectivity index (χ1) is 13.5. The van der Waals surface area contributed by atoms with E-state index in [0.29, 0.717) is 39.1 Å². The van der Waals surface area contributed by atoms with E-state index in [1.54, 1.807) is 0 Å². The number of ether oxygens (including phenoxy) is 2. The van der Waals surface area contributed by atoms with Crippen molar-refractivity contribution in [3.05, 3.63) is 29.3 Å². The van der Waals surface area contributed by atoms with E-state index in [9.17, 15) is 9.59 Å². The molecule has 1 unspecified atom stereocenters. The molecule has 0 aromatic heterocycles. The van der Waals surface area contributed by atoms with Gasteiger partial charge in [0.2, 0.25) is 11.8 Å². The van der Waals surface area contributed by atoms with Gasteiger partial charge in [-0.1, -0.05) is 18.2 Å². The lowest BCUT2D eigenvalue weighted by atomic mass is 10.0. The molecule has 1 atom stereocenters. The van der Waals surface area contributed by atoms with Crippen molar-refractivity contribution in [1.82, 2.24) is 10.2 Å². The van der Waals surface area contributed by atoms with Gasteiger partial charge in [0.1, 0.15) is 11.9 Å². The standard InChI is InChI=1S/C22H32N2O4/c1-16-6-3-7-17(2)21(16)28-15-5-9-20(25)24-12-10-18(11-13-24)23-22(26)19-8-4-14-27-19/h3,6-7,18-19H,4-5,8-15H2,1-2H3,(H,23,26). The van der Waals surface area contributed by atoms with Crippen LogP contribution in [0.15, 0.2) is 18.2 Å². The molecule has 2 heterocycles. The molecule has 2 amide bonds. The van der Waals surface area contributed by atoms with Crippen molar-refractivity contribution in [2.24, 2.45) is 0 Å². The topological polar surface area (TPSA) is 67.9 Å². The van der Waals surface area contributed by atoms with Crippen LogP contribution in [-0.2, 0) is 14.3 Å². The van der Waals surface area contributed by atoms with E-state index < -0.39 is 0 Å². The number of para-hydroxylation sites is 1. The molecule has 2 aliphatic heterocycles. The van der Waals surface area contributed by atoms with E-state index in [1.807, 2.05) is 36.9 Å². The summed E-state index contributed by atoms with van der Waals surface area (Å²) in [6.45, 7) is 6.70. The third-order valence-electron chi connectivity index (χ3n) is 5.61. The van der Waals surface area contributed by atoms with Crippen LogP contribution in [0.1, 0.15) is 49.7 Å². The van der Waals surface area contributed by atoms with Crippen molar-refractivity contribution in [1.29, 1.82) is 0 Å². The summed E-state index contributed by atoms with van der Waals surface area (Å²) in [7, 11) is 0. The number of piperidine rings is 1. The van der Waals surface area contributed by atoms with E-state index in [4.69, 9.17) is 9.47 Å². The Morgan fingerprint density at radius 2 is 1.89 bits per heavy atom. The summed E-state index contributed by atoms with van der Waals surface area (Å²) >= 11 is 0. The van der Waals surface area contributed by atoms with Gasteiger partial charge in [-0.2, -0.15) is 0 Å². The summed E-state index contributed by atoms with van der Waals surface area (Å²) in [5, 5.41) is 3.08. The number of nitrogens with one attached hydrogen (secondary N) is 1. The van der Waals surface area contributed by atoms with Crippen molar-refractivity contribution in [3.8, 4) is 5.75 Å². The smallest absolute Gasteiger partial charge is 0.249 e. The molecular formula is C22H32N2O4. The highest BCUT2D eigenvalue weighted by atomic mass is 16.5. The molecule has 2 fully saturated rings. The zero-order chi connectivity index (χ0) is 19.9. The van der Waals surface area contributed by atoms with Gasteiger partial charge in [-0.25, -0.2) is 0 Å². The molecule has 0 aliphatic carbocycles. The number of nitrogens with zero attached hydrogens (tertiary/aromatic N) is 1. The number of amides is 2. The largest absolute Gasteiger partial charge is 0.493 e. The maximum Gasteiger partial charge on any atom is 0.249 e. The van der Waals surface area contributed by atoms with Gasteiger partial charge in [0.15, 0.2) is 0 Å². The van der Waals surface area contributed by atoms with Crippen LogP contribution in [-0.4, -0.2) is 55.2 Å². The number of likely N-dealkylation sites (tertiary alicyclic amines) is 1. The molecule has 6 heteroatoms. The summed E-state index contributed by atoms with van der Waals surface area (Å²) in [6, 6.07) is 6.24. The maximum atomic E-state index is 12.4. The Labute approximate surface area is 167 Å². The number of carbonyl (C=O) groups excluding carboxylic acids is 2. The van der Waals surface area contributed by atoms with Gasteiger partial charge in [0, 0.05) is 32.2 Å². The third-order valence-corrected chi connectivity index (χ3v) is 5.61. The molecule has 0 bridgehead atoms. The van der Waals surface area contributed by atoms with Crippen LogP contribution in [0.3, 0.4) is 0 Å². The monoisotopic (exact) mass is 388 g/mol. The molecule has 2 saturated heterocycles. The first kappa shape index (κ1) is 20.6. The van der Waals surface area contributed by atoms with E-state index in [2.05, 4.69) is 5.32 Å². The molecule has 28 heavy (non-hydrogen) atoms. The van der Waals surface area contributed by atoms with E-state index >= 15 is 0 Å². The lowest BCUT2D eigenvalue weighted by Gasteiger charge is -2.33. The lowest BCUT2D eigenvalue weighted by molar-refractivity contribution is -0.133. The zero-order valence-corrected chi connectivity index (χ0v) is 17.0. The molecule has 0 radical (unpaired) electrons. The highest BCUT2D eigenvalue weighted by Crippen LogP contribution is 2.22. The number of hydrogen-bond donors (Lipinski definition) is 1. The number of hydrogen-bond acceptors (Lipinski definition) is 4. The fraction of sp³-hybridized carbons (Fsp3) is 0.636. The third kappa shape index (κ3) is 5.47. The van der Waals surface area contributed by atoms with Gasteiger partial charge in [-0.3, -0.25) is 9.59 Å². The van der Waals surface area contributed by atoms with Crippen LogP contribution in [0.4, 0.5) is 0 Å². The van der Waals surface area contributed by atoms with Gasteiger partial charge in [-0.05, 0) is 57.1 Å². The first-order valence-corrected chi connectivity index (χ1v) is 10.4. The normalized spacial score (nSPS) is 20.2. The van der Waals surface area contributed by atoms with Crippen molar-refractivity contribution < 1.29 is 19.1 Å². The lowest BCUT2D eigenvalue weighted by Crippen LogP contribution is -2.48. The van der Waals surface area contributed by atoms with E-state index in [0.717, 1.165) is 42.6 Å². The van der Waals surface area contributed by atoms with Gasteiger partial charge in [0.05, 0.1) is 6.61 Å². The number of carbonyl (C=O) groups is 2. The van der Waals surface area contributed by atoms with Crippen LogP contribution in [0, 0.1) is 13.8 Å². The molecule has 1 aromatic rings. The summed E-state index contributed by atoms with van der Waals surface area (Å²) in [5.74, 6) is 1.11. The Morgan fingerprint density at radius 1 is 1.18 bits per heavy atom. The average molecular weight is 389 g/mol. The minimum atomic E-state index is -0.281. The second kappa shape index (κ2) is 9.92.